The van der Waals surface area contributed by atoms with E-state index < -0.39 is 28.3 Å². The van der Waals surface area contributed by atoms with Crippen molar-refractivity contribution in [3.05, 3.63) is 149 Å². The van der Waals surface area contributed by atoms with Gasteiger partial charge in [0.2, 0.25) is 0 Å². The molecule has 13 heteroatoms. The van der Waals surface area contributed by atoms with E-state index in [1.807, 2.05) is 6.07 Å². The number of aromatic nitrogens is 3. The van der Waals surface area contributed by atoms with Crippen molar-refractivity contribution in [2.45, 2.75) is 23.0 Å². The number of non-ortho nitro benzene ring substituents is 1. The van der Waals surface area contributed by atoms with Crippen molar-refractivity contribution in [2.75, 3.05) is 6.61 Å². The van der Waals surface area contributed by atoms with Gasteiger partial charge in [-0.05, 0) is 60.2 Å². The number of hydrogen-bond donors (Lipinski definition) is 0. The van der Waals surface area contributed by atoms with Gasteiger partial charge in [-0.25, -0.2) is 24.1 Å². The van der Waals surface area contributed by atoms with Gasteiger partial charge in [-0.2, -0.15) is 0 Å². The molecule has 0 aliphatic carbocycles. The summed E-state index contributed by atoms with van der Waals surface area (Å²) in [5, 5.41) is 12.1. The lowest BCUT2D eigenvalue weighted by Gasteiger charge is -2.25. The molecule has 0 N–H and O–H groups in total. The Kier molecular flexibility index (Phi) is 8.45. The van der Waals surface area contributed by atoms with Gasteiger partial charge in [-0.3, -0.25) is 19.5 Å². The van der Waals surface area contributed by atoms with Gasteiger partial charge in [0.05, 0.1) is 33.4 Å². The molecule has 0 saturated heterocycles. The maximum absolute atomic E-state index is 14.2. The number of nitrogens with zero attached hydrogens (tertiary/aromatic N) is 5. The van der Waals surface area contributed by atoms with Gasteiger partial charge in [0, 0.05) is 35.0 Å². The van der Waals surface area contributed by atoms with Crippen LogP contribution in [0.2, 0.25) is 0 Å². The number of hydrogen-bond acceptors (Lipinski definition) is 10. The van der Waals surface area contributed by atoms with Crippen molar-refractivity contribution < 1.29 is 18.8 Å². The molecule has 1 atom stereocenters. The predicted octanol–water partition coefficient (Wildman–Crippen LogP) is 4.92. The van der Waals surface area contributed by atoms with E-state index >= 15 is 0 Å². The normalized spacial score (nSPS) is 14.5. The van der Waals surface area contributed by atoms with Crippen LogP contribution in [0.1, 0.15) is 29.7 Å². The van der Waals surface area contributed by atoms with Crippen molar-refractivity contribution >= 4 is 46.5 Å². The first-order valence-corrected chi connectivity index (χ1v) is 15.2. The molecule has 0 amide bonds. The van der Waals surface area contributed by atoms with Crippen molar-refractivity contribution in [3.8, 4) is 0 Å². The minimum atomic E-state index is -0.991. The summed E-state index contributed by atoms with van der Waals surface area (Å²) in [4.78, 5) is 53.0. The van der Waals surface area contributed by atoms with E-state index in [9.17, 15) is 24.1 Å². The van der Waals surface area contributed by atoms with Gasteiger partial charge in [-0.1, -0.05) is 53.8 Å². The molecule has 5 aromatic rings. The van der Waals surface area contributed by atoms with Gasteiger partial charge in [0.15, 0.2) is 9.96 Å². The molecule has 0 bridgehead atoms. The molecule has 10 nitrogen and oxygen atoms in total. The molecule has 3 aromatic carbocycles. The third kappa shape index (κ3) is 6.08. The summed E-state index contributed by atoms with van der Waals surface area (Å²) in [6.45, 7) is 1.77. The lowest BCUT2D eigenvalue weighted by Crippen LogP contribution is -2.40. The Bertz CT molecular complexity index is 2130. The standard InChI is InChI=1S/C32H22FN5O5S2/c1-2-43-30(40)26-27(19-7-4-3-5-8-19)36-32-37(28(26)20-9-11-22(33)12-10-20)29(39)25(45-32)18-21-17-23(38(41)42)13-14-24(21)44-31-34-15-6-16-35-31/h3-18,28H,2H2,1H3/b25-18+/t28-/m0/s1. The Morgan fingerprint density at radius 2 is 1.82 bits per heavy atom. The molecule has 6 rings (SSSR count). The molecular formula is C32H22FN5O5S2. The van der Waals surface area contributed by atoms with Crippen molar-refractivity contribution in [3.63, 3.8) is 0 Å². The van der Waals surface area contributed by atoms with E-state index in [1.165, 1.54) is 52.7 Å². The summed E-state index contributed by atoms with van der Waals surface area (Å²) in [7, 11) is 0. The highest BCUT2D eigenvalue weighted by molar-refractivity contribution is 7.99. The van der Waals surface area contributed by atoms with E-state index in [4.69, 9.17) is 9.73 Å². The van der Waals surface area contributed by atoms with Gasteiger partial charge < -0.3 is 4.74 Å². The molecule has 224 valence electrons. The molecule has 3 heterocycles. The zero-order chi connectivity index (χ0) is 31.5. The molecule has 0 saturated carbocycles. The van der Waals surface area contributed by atoms with E-state index in [1.54, 1.807) is 61.8 Å². The maximum Gasteiger partial charge on any atom is 0.338 e. The van der Waals surface area contributed by atoms with Crippen molar-refractivity contribution in [1.29, 1.82) is 0 Å². The number of fused-ring (bicyclic) bond motifs is 1. The van der Waals surface area contributed by atoms with Crippen LogP contribution in [-0.2, 0) is 9.53 Å². The van der Waals surface area contributed by atoms with E-state index in [0.717, 1.165) is 11.3 Å². The zero-order valence-electron chi connectivity index (χ0n) is 23.5. The van der Waals surface area contributed by atoms with Gasteiger partial charge in [-0.15, -0.1) is 0 Å². The van der Waals surface area contributed by atoms with Crippen LogP contribution in [0.3, 0.4) is 0 Å². The molecule has 1 aliphatic heterocycles. The maximum atomic E-state index is 14.2. The number of ether oxygens (including phenoxy) is 1. The SMILES string of the molecule is CCOC(=O)C1=C(c2ccccc2)N=c2s/c(=C/c3cc([N+](=O)[O-])ccc3Sc3ncccn3)c(=O)n2[C@H]1c1ccc(F)cc1. The smallest absolute Gasteiger partial charge is 0.338 e. The second-order valence-corrected chi connectivity index (χ2v) is 11.6. The number of rotatable bonds is 8. The Hall–Kier alpha value is -5.27. The minimum absolute atomic E-state index is 0.0866. The Morgan fingerprint density at radius 3 is 2.51 bits per heavy atom. The Labute approximate surface area is 263 Å². The molecular weight excluding hydrogens is 618 g/mol. The molecule has 45 heavy (non-hydrogen) atoms. The average Bonchev–Trinajstić information content (AvgIpc) is 3.36. The highest BCUT2D eigenvalue weighted by Gasteiger charge is 2.35. The Morgan fingerprint density at radius 1 is 1.09 bits per heavy atom. The van der Waals surface area contributed by atoms with E-state index in [2.05, 4.69) is 9.97 Å². The topological polar surface area (TPSA) is 130 Å². The quantitative estimate of drug-likeness (QED) is 0.101. The number of nitro groups is 1. The van der Waals surface area contributed by atoms with Crippen LogP contribution in [0.25, 0.3) is 11.8 Å². The number of esters is 1. The fourth-order valence-corrected chi connectivity index (χ4v) is 6.62. The highest BCUT2D eigenvalue weighted by Crippen LogP contribution is 2.35. The van der Waals surface area contributed by atoms with Crippen LogP contribution < -0.4 is 14.9 Å². The first kappa shape index (κ1) is 29.8. The van der Waals surface area contributed by atoms with Gasteiger partial charge >= 0.3 is 5.97 Å². The molecule has 2 aromatic heterocycles. The molecule has 0 spiro atoms. The monoisotopic (exact) mass is 639 g/mol. The summed E-state index contributed by atoms with van der Waals surface area (Å²) in [5.41, 5.74) is 1.31. The minimum Gasteiger partial charge on any atom is -0.463 e. The fraction of sp³-hybridized carbons (Fsp3) is 0.0938. The van der Waals surface area contributed by atoms with Crippen LogP contribution in [0, 0.1) is 15.9 Å². The fourth-order valence-electron chi connectivity index (χ4n) is 4.83. The van der Waals surface area contributed by atoms with E-state index in [0.29, 0.717) is 37.2 Å². The van der Waals surface area contributed by atoms with Crippen molar-refractivity contribution in [1.82, 2.24) is 14.5 Å². The number of benzene rings is 3. The highest BCUT2D eigenvalue weighted by atomic mass is 32.2. The summed E-state index contributed by atoms with van der Waals surface area (Å²) in [5.74, 6) is -1.14. The third-order valence-electron chi connectivity index (χ3n) is 6.79. The van der Waals surface area contributed by atoms with Crippen LogP contribution in [0.4, 0.5) is 10.1 Å². The number of carbonyl (C=O) groups is 1. The van der Waals surface area contributed by atoms with Crippen molar-refractivity contribution in [2.24, 2.45) is 4.99 Å². The number of nitro benzene ring substituents is 1. The molecule has 0 unspecified atom stereocenters. The largest absolute Gasteiger partial charge is 0.463 e. The summed E-state index contributed by atoms with van der Waals surface area (Å²) >= 11 is 2.26. The summed E-state index contributed by atoms with van der Waals surface area (Å²) in [6.07, 6.45) is 4.72. The zero-order valence-corrected chi connectivity index (χ0v) is 25.1. The predicted molar refractivity (Wildman–Crippen MR) is 167 cm³/mol. The Balaban J connectivity index is 1.61. The first-order chi connectivity index (χ1) is 21.8. The van der Waals surface area contributed by atoms with Gasteiger partial charge in [0.25, 0.3) is 11.2 Å². The molecule has 0 radical (unpaired) electrons. The second kappa shape index (κ2) is 12.8. The van der Waals surface area contributed by atoms with Crippen LogP contribution in [0.5, 0.6) is 0 Å². The molecule has 1 aliphatic rings. The molecule has 0 fully saturated rings. The lowest BCUT2D eigenvalue weighted by molar-refractivity contribution is -0.384. The summed E-state index contributed by atoms with van der Waals surface area (Å²) < 4.78 is 21.1. The van der Waals surface area contributed by atoms with Crippen LogP contribution >= 0.6 is 23.1 Å². The number of halogens is 1. The summed E-state index contributed by atoms with van der Waals surface area (Å²) in [6, 6.07) is 19.6. The first-order valence-electron chi connectivity index (χ1n) is 13.6. The van der Waals surface area contributed by atoms with Gasteiger partial charge in [0.1, 0.15) is 5.82 Å². The second-order valence-electron chi connectivity index (χ2n) is 9.60. The van der Waals surface area contributed by atoms with Crippen LogP contribution in [0.15, 0.2) is 117 Å². The number of carbonyl (C=O) groups excluding carboxylic acids is 1. The van der Waals surface area contributed by atoms with E-state index in [-0.39, 0.29) is 22.4 Å². The lowest BCUT2D eigenvalue weighted by atomic mass is 9.93. The average molecular weight is 640 g/mol. The third-order valence-corrected chi connectivity index (χ3v) is 8.76. The number of thiazole rings is 1. The van der Waals surface area contributed by atoms with Crippen LogP contribution in [-0.4, -0.2) is 32.0 Å².